The first-order valence-electron chi connectivity index (χ1n) is 20.6. The molecule has 4 aliphatic rings. The van der Waals surface area contributed by atoms with Gasteiger partial charge in [-0.15, -0.1) is 0 Å². The van der Waals surface area contributed by atoms with Crippen LogP contribution in [0.3, 0.4) is 0 Å². The van der Waals surface area contributed by atoms with Gasteiger partial charge in [0.2, 0.25) is 0 Å². The van der Waals surface area contributed by atoms with Gasteiger partial charge in [-0.3, -0.25) is 14.4 Å². The predicted molar refractivity (Wildman–Crippen MR) is 215 cm³/mol. The van der Waals surface area contributed by atoms with Crippen molar-refractivity contribution in [3.05, 3.63) is 47.0 Å². The Hall–Kier alpha value is -4.34. The first-order chi connectivity index (χ1) is 27.6. The maximum absolute atomic E-state index is 15.4. The molecule has 3 N–H and O–H groups in total. The topological polar surface area (TPSA) is 210 Å². The molecule has 1 amide bonds. The maximum Gasteiger partial charge on any atom is 0.407 e. The van der Waals surface area contributed by atoms with E-state index in [1.165, 1.54) is 13.8 Å². The van der Waals surface area contributed by atoms with Crippen molar-refractivity contribution in [2.75, 3.05) is 6.61 Å². The van der Waals surface area contributed by atoms with Gasteiger partial charge in [-0.1, -0.05) is 59.7 Å². The minimum atomic E-state index is -1.90. The molecule has 15 heteroatoms. The van der Waals surface area contributed by atoms with Gasteiger partial charge in [-0.05, 0) is 81.1 Å². The Labute approximate surface area is 352 Å². The number of fused-ring (bicyclic) bond motifs is 5. The zero-order valence-corrected chi connectivity index (χ0v) is 37.1. The predicted octanol–water partition coefficient (Wildman–Crippen LogP) is 5.03. The van der Waals surface area contributed by atoms with Gasteiger partial charge in [0, 0.05) is 26.2 Å². The molecule has 3 aliphatic carbocycles. The third kappa shape index (κ3) is 8.58. The zero-order valence-electron chi connectivity index (χ0n) is 37.1. The van der Waals surface area contributed by atoms with Crippen molar-refractivity contribution < 1.29 is 67.4 Å². The molecule has 332 valence electrons. The lowest BCUT2D eigenvalue weighted by Crippen LogP contribution is -2.79. The largest absolute Gasteiger partial charge is 0.458 e. The van der Waals surface area contributed by atoms with Crippen LogP contribution in [0.15, 0.2) is 41.5 Å². The summed E-state index contributed by atoms with van der Waals surface area (Å²) < 4.78 is 36.1. The van der Waals surface area contributed by atoms with E-state index in [4.69, 9.17) is 28.4 Å². The Balaban J connectivity index is 1.70. The highest BCUT2D eigenvalue weighted by Crippen LogP contribution is 2.63. The molecule has 0 radical (unpaired) electrons. The number of ether oxygens (including phenoxy) is 6. The van der Waals surface area contributed by atoms with Crippen LogP contribution in [0.5, 0.6) is 0 Å². The number of nitrogens with one attached hydrogen (secondary N) is 1. The Morgan fingerprint density at radius 1 is 0.917 bits per heavy atom. The molecule has 3 fully saturated rings. The molecule has 1 aromatic rings. The van der Waals surface area contributed by atoms with E-state index in [0.29, 0.717) is 5.57 Å². The Morgan fingerprint density at radius 2 is 1.53 bits per heavy atom. The summed E-state index contributed by atoms with van der Waals surface area (Å²) in [4.78, 5) is 82.9. The molecule has 2 saturated carbocycles. The highest BCUT2D eigenvalue weighted by molar-refractivity contribution is 5.95. The zero-order chi connectivity index (χ0) is 45.1. The molecular formula is C45H63NO14. The Bertz CT molecular complexity index is 1890. The van der Waals surface area contributed by atoms with Crippen molar-refractivity contribution in [3.63, 3.8) is 0 Å². The molecule has 5 rings (SSSR count). The number of alkyl carbamates (subject to hydrolysis) is 1. The number of rotatable bonds is 9. The van der Waals surface area contributed by atoms with E-state index in [1.54, 1.807) is 78.8 Å². The van der Waals surface area contributed by atoms with Crippen molar-refractivity contribution in [1.82, 2.24) is 5.32 Å². The highest BCUT2D eigenvalue weighted by Gasteiger charge is 2.75. The maximum atomic E-state index is 15.4. The number of hydrogen-bond donors (Lipinski definition) is 3. The summed E-state index contributed by atoms with van der Waals surface area (Å²) in [7, 11) is 0. The number of carbonyl (C=O) groups is 6. The normalized spacial score (nSPS) is 32.5. The molecule has 60 heavy (non-hydrogen) atoms. The van der Waals surface area contributed by atoms with Crippen LogP contribution in [0, 0.1) is 34.0 Å². The fourth-order valence-corrected chi connectivity index (χ4v) is 9.91. The van der Waals surface area contributed by atoms with Crippen molar-refractivity contribution in [2.24, 2.45) is 34.0 Å². The number of aliphatic hydroxyl groups excluding tert-OH is 2. The lowest BCUT2D eigenvalue weighted by Gasteiger charge is -2.66. The molecule has 1 saturated heterocycles. The van der Waals surface area contributed by atoms with E-state index in [-0.39, 0.29) is 30.6 Å². The molecule has 15 nitrogen and oxygen atoms in total. The molecule has 1 aromatic carbocycles. The van der Waals surface area contributed by atoms with Gasteiger partial charge in [0.15, 0.2) is 23.6 Å². The minimum absolute atomic E-state index is 0.0577. The van der Waals surface area contributed by atoms with Crippen LogP contribution < -0.4 is 5.32 Å². The molecule has 2 unspecified atom stereocenters. The molecule has 12 atom stereocenters. The number of amides is 1. The van der Waals surface area contributed by atoms with Gasteiger partial charge in [0.1, 0.15) is 23.9 Å². The van der Waals surface area contributed by atoms with Crippen molar-refractivity contribution in [3.8, 4) is 0 Å². The van der Waals surface area contributed by atoms with E-state index in [2.05, 4.69) is 5.32 Å². The standard InChI is InChI=1S/C45H63NO14/c1-22-28(57-39(53)33(50)32(23(2)41(5,6)7)46-40(54)60-42(8,9)10)19-27-34(58-38(52)26-17-15-14-16-18-26)36-44(13,29(49)20-30-45(36,21-55-30)59-25(4)48)37(51)35(56-24(3)47)31(22)43(27,11)12/h14-18,23,27-30,32-36,49-50H,19-21H2,1-13H3,(H,46,54)/t23-,27?,28+,29+,30-,32+,33-,34-,35?,36+,44-,45+/m1/s1. The number of Topliss-reactive ketones (excluding diaryl/α,β-unsaturated/α-hetero) is 1. The molecule has 1 heterocycles. The minimum Gasteiger partial charge on any atom is -0.458 e. The molecule has 0 aromatic heterocycles. The van der Waals surface area contributed by atoms with Gasteiger partial charge in [-0.25, -0.2) is 14.4 Å². The van der Waals surface area contributed by atoms with E-state index >= 15 is 4.79 Å². The van der Waals surface area contributed by atoms with E-state index in [1.807, 2.05) is 20.8 Å². The van der Waals surface area contributed by atoms with Gasteiger partial charge >= 0.3 is 30.0 Å². The van der Waals surface area contributed by atoms with E-state index in [0.717, 1.165) is 6.92 Å². The SMILES string of the molecule is CC(=O)OC1C(=O)[C@@]2(C)[C@H]([C@H](OC(=O)c3ccccc3)C3C[C@H](OC(=O)[C@H](O)[C@@H](NC(=O)OC(C)(C)C)[C@@H](C)C(C)(C)C)C(C)=C1C3(C)C)[C@]1(OC(C)=O)CO[C@@H]1C[C@@H]2O. The quantitative estimate of drug-likeness (QED) is 0.169. The summed E-state index contributed by atoms with van der Waals surface area (Å²) >= 11 is 0. The van der Waals surface area contributed by atoms with Crippen LogP contribution in [0.2, 0.25) is 0 Å². The van der Waals surface area contributed by atoms with Crippen LogP contribution in [0.1, 0.15) is 113 Å². The van der Waals surface area contributed by atoms with Crippen LogP contribution in [0.25, 0.3) is 0 Å². The highest BCUT2D eigenvalue weighted by atomic mass is 16.6. The Kier molecular flexibility index (Phi) is 12.8. The summed E-state index contributed by atoms with van der Waals surface area (Å²) in [5, 5.41) is 26.5. The second-order valence-corrected chi connectivity index (χ2v) is 19.8. The second-order valence-electron chi connectivity index (χ2n) is 19.8. The second kappa shape index (κ2) is 16.5. The van der Waals surface area contributed by atoms with Crippen molar-refractivity contribution >= 4 is 35.8 Å². The molecule has 2 bridgehead atoms. The average Bonchev–Trinajstić information content (AvgIpc) is 3.12. The van der Waals surface area contributed by atoms with Gasteiger partial charge < -0.3 is 44.0 Å². The third-order valence-electron chi connectivity index (χ3n) is 13.4. The number of aliphatic hydroxyl groups is 2. The first-order valence-corrected chi connectivity index (χ1v) is 20.6. The monoisotopic (exact) mass is 841 g/mol. The van der Waals surface area contributed by atoms with Gasteiger partial charge in [0.05, 0.1) is 35.6 Å². The van der Waals surface area contributed by atoms with E-state index < -0.39 is 124 Å². The third-order valence-corrected chi connectivity index (χ3v) is 13.4. The van der Waals surface area contributed by atoms with Crippen LogP contribution in [0.4, 0.5) is 4.79 Å². The first kappa shape index (κ1) is 46.7. The van der Waals surface area contributed by atoms with Crippen LogP contribution in [-0.4, -0.2) is 106 Å². The summed E-state index contributed by atoms with van der Waals surface area (Å²) in [5.41, 5.74) is -5.20. The fraction of sp³-hybridized carbons (Fsp3) is 0.689. The summed E-state index contributed by atoms with van der Waals surface area (Å²) in [6.07, 6.45) is -9.41. The molecule has 0 spiro atoms. The number of benzene rings is 1. The average molecular weight is 842 g/mol. The van der Waals surface area contributed by atoms with Crippen LogP contribution >= 0.6 is 0 Å². The number of ketones is 1. The van der Waals surface area contributed by atoms with Crippen molar-refractivity contribution in [2.45, 2.75) is 157 Å². The Morgan fingerprint density at radius 3 is 2.05 bits per heavy atom. The molecular weight excluding hydrogens is 778 g/mol. The summed E-state index contributed by atoms with van der Waals surface area (Å²) in [6.45, 7) is 21.4. The lowest BCUT2D eigenvalue weighted by molar-refractivity contribution is -0.335. The smallest absolute Gasteiger partial charge is 0.407 e. The number of esters is 4. The van der Waals surface area contributed by atoms with Crippen LogP contribution in [-0.2, 0) is 47.6 Å². The molecule has 1 aliphatic heterocycles. The lowest BCUT2D eigenvalue weighted by atomic mass is 9.46. The van der Waals surface area contributed by atoms with Gasteiger partial charge in [0.25, 0.3) is 0 Å². The number of hydrogen-bond acceptors (Lipinski definition) is 14. The summed E-state index contributed by atoms with van der Waals surface area (Å²) in [5.74, 6) is -6.74. The fourth-order valence-electron chi connectivity index (χ4n) is 9.91. The summed E-state index contributed by atoms with van der Waals surface area (Å²) in [6, 6.07) is 7.00. The van der Waals surface area contributed by atoms with Gasteiger partial charge in [-0.2, -0.15) is 0 Å². The van der Waals surface area contributed by atoms with E-state index in [9.17, 15) is 34.2 Å². The number of carbonyl (C=O) groups excluding carboxylic acids is 6. The van der Waals surface area contributed by atoms with Crippen molar-refractivity contribution in [1.29, 1.82) is 0 Å².